The Kier molecular flexibility index (Phi) is 4.44. The Morgan fingerprint density at radius 3 is 2.70 bits per heavy atom. The van der Waals surface area contributed by atoms with Gasteiger partial charge in [0.1, 0.15) is 5.82 Å². The van der Waals surface area contributed by atoms with Gasteiger partial charge in [-0.2, -0.15) is 5.10 Å². The summed E-state index contributed by atoms with van der Waals surface area (Å²) >= 11 is 0. The number of hydrogen-bond donors (Lipinski definition) is 2. The Morgan fingerprint density at radius 1 is 1.03 bits per heavy atom. The van der Waals surface area contributed by atoms with Crippen LogP contribution in [0.15, 0.2) is 71.7 Å². The van der Waals surface area contributed by atoms with E-state index in [2.05, 4.69) is 10.2 Å². The van der Waals surface area contributed by atoms with E-state index in [9.17, 15) is 9.18 Å². The quantitative estimate of drug-likeness (QED) is 0.470. The van der Waals surface area contributed by atoms with Crippen LogP contribution in [-0.2, 0) is 6.54 Å². The molecular weight excluding hydrogens is 381 g/mol. The third-order valence-corrected chi connectivity index (χ3v) is 5.35. The van der Waals surface area contributed by atoms with Crippen LogP contribution in [0.1, 0.15) is 6.42 Å². The topological polar surface area (TPSA) is 81.6 Å². The van der Waals surface area contributed by atoms with Gasteiger partial charge in [0.25, 0.3) is 0 Å². The average molecular weight is 401 g/mol. The zero-order valence-corrected chi connectivity index (χ0v) is 16.2. The van der Waals surface area contributed by atoms with Gasteiger partial charge < -0.3 is 10.3 Å². The second kappa shape index (κ2) is 7.27. The van der Waals surface area contributed by atoms with Crippen LogP contribution < -0.4 is 11.4 Å². The lowest BCUT2D eigenvalue weighted by atomic mass is 10.1. The van der Waals surface area contributed by atoms with Crippen molar-refractivity contribution < 1.29 is 4.39 Å². The van der Waals surface area contributed by atoms with E-state index < -0.39 is 0 Å². The summed E-state index contributed by atoms with van der Waals surface area (Å²) in [4.78, 5) is 12.8. The third kappa shape index (κ3) is 3.00. The molecule has 0 atom stereocenters. The SMILES string of the molecule is NCCCn1cc(-n2c(-c3ccc4ccccc4c3)n[nH]c2=O)c2cc(F)ccc21. The molecule has 7 heteroatoms. The van der Waals surface area contributed by atoms with Gasteiger partial charge in [-0.25, -0.2) is 18.9 Å². The minimum atomic E-state index is -0.375. The van der Waals surface area contributed by atoms with Gasteiger partial charge in [-0.1, -0.05) is 36.4 Å². The standard InChI is InChI=1S/C23H20FN5O/c24-18-8-9-20-19(13-18)21(14-28(20)11-3-10-25)29-22(26-27-23(29)30)17-7-6-15-4-1-2-5-16(15)12-17/h1-2,4-9,12-14H,3,10-11,25H2,(H,27,30). The number of nitrogens with two attached hydrogens (primary N) is 1. The molecule has 6 nitrogen and oxygen atoms in total. The number of hydrogen-bond acceptors (Lipinski definition) is 3. The van der Waals surface area contributed by atoms with E-state index in [-0.39, 0.29) is 11.5 Å². The van der Waals surface area contributed by atoms with Crippen LogP contribution in [0.5, 0.6) is 0 Å². The van der Waals surface area contributed by atoms with E-state index >= 15 is 0 Å². The monoisotopic (exact) mass is 401 g/mol. The Balaban J connectivity index is 1.74. The van der Waals surface area contributed by atoms with E-state index in [0.29, 0.717) is 30.0 Å². The number of nitrogens with zero attached hydrogens (tertiary/aromatic N) is 3. The maximum Gasteiger partial charge on any atom is 0.348 e. The predicted molar refractivity (Wildman–Crippen MR) is 116 cm³/mol. The van der Waals surface area contributed by atoms with Crippen molar-refractivity contribution in [1.29, 1.82) is 0 Å². The van der Waals surface area contributed by atoms with Crippen molar-refractivity contribution in [3.8, 4) is 17.1 Å². The number of rotatable bonds is 5. The summed E-state index contributed by atoms with van der Waals surface area (Å²) in [6.07, 6.45) is 2.64. The Hall–Kier alpha value is -3.71. The first kappa shape index (κ1) is 18.3. The molecule has 0 aliphatic heterocycles. The van der Waals surface area contributed by atoms with E-state index in [1.54, 1.807) is 6.07 Å². The second-order valence-corrected chi connectivity index (χ2v) is 7.26. The first-order chi connectivity index (χ1) is 14.7. The molecule has 0 saturated carbocycles. The fourth-order valence-corrected chi connectivity index (χ4v) is 3.92. The Bertz CT molecular complexity index is 1430. The summed E-state index contributed by atoms with van der Waals surface area (Å²) < 4.78 is 17.6. The number of halogens is 1. The molecule has 0 aliphatic rings. The van der Waals surface area contributed by atoms with Crippen molar-refractivity contribution in [3.05, 3.63) is 83.2 Å². The maximum atomic E-state index is 14.1. The summed E-state index contributed by atoms with van der Waals surface area (Å²) in [7, 11) is 0. The average Bonchev–Trinajstić information content (AvgIpc) is 3.31. The van der Waals surface area contributed by atoms with Gasteiger partial charge in [-0.15, -0.1) is 0 Å². The number of nitrogens with one attached hydrogen (secondary N) is 1. The first-order valence-electron chi connectivity index (χ1n) is 9.81. The molecule has 5 rings (SSSR count). The van der Waals surface area contributed by atoms with Gasteiger partial charge in [0.15, 0.2) is 5.82 Å². The fourth-order valence-electron chi connectivity index (χ4n) is 3.92. The van der Waals surface area contributed by atoms with E-state index in [1.165, 1.54) is 16.7 Å². The summed E-state index contributed by atoms with van der Waals surface area (Å²) in [5, 5.41) is 9.62. The lowest BCUT2D eigenvalue weighted by Gasteiger charge is -2.06. The van der Waals surface area contributed by atoms with Crippen molar-refractivity contribution >= 4 is 21.7 Å². The molecule has 0 amide bonds. The maximum absolute atomic E-state index is 14.1. The fraction of sp³-hybridized carbons (Fsp3) is 0.130. The van der Waals surface area contributed by atoms with Gasteiger partial charge in [0.2, 0.25) is 0 Å². The molecule has 5 aromatic rings. The molecule has 0 spiro atoms. The van der Waals surface area contributed by atoms with Crippen molar-refractivity contribution in [2.45, 2.75) is 13.0 Å². The summed E-state index contributed by atoms with van der Waals surface area (Å²) in [5.41, 5.74) is 7.53. The van der Waals surface area contributed by atoms with Crippen LogP contribution in [-0.4, -0.2) is 25.9 Å². The van der Waals surface area contributed by atoms with E-state index in [1.807, 2.05) is 53.2 Å². The van der Waals surface area contributed by atoms with Crippen LogP contribution >= 0.6 is 0 Å². The highest BCUT2D eigenvalue weighted by atomic mass is 19.1. The van der Waals surface area contributed by atoms with Crippen molar-refractivity contribution in [2.75, 3.05) is 6.54 Å². The lowest BCUT2D eigenvalue weighted by Crippen LogP contribution is -2.15. The lowest BCUT2D eigenvalue weighted by molar-refractivity contribution is 0.629. The molecular formula is C23H20FN5O. The summed E-state index contributed by atoms with van der Waals surface area (Å²) in [6, 6.07) is 18.5. The van der Waals surface area contributed by atoms with Crippen LogP contribution in [0, 0.1) is 5.82 Å². The van der Waals surface area contributed by atoms with Gasteiger partial charge in [0.05, 0.1) is 11.2 Å². The third-order valence-electron chi connectivity index (χ3n) is 5.35. The van der Waals surface area contributed by atoms with Crippen LogP contribution in [0.3, 0.4) is 0 Å². The minimum absolute atomic E-state index is 0.357. The number of aromatic amines is 1. The van der Waals surface area contributed by atoms with Crippen molar-refractivity contribution in [2.24, 2.45) is 5.73 Å². The molecule has 0 fully saturated rings. The van der Waals surface area contributed by atoms with Gasteiger partial charge in [-0.05, 0) is 48.0 Å². The Morgan fingerprint density at radius 2 is 1.87 bits per heavy atom. The smallest absolute Gasteiger partial charge is 0.345 e. The molecule has 0 aliphatic carbocycles. The molecule has 2 heterocycles. The van der Waals surface area contributed by atoms with Crippen molar-refractivity contribution in [1.82, 2.24) is 19.3 Å². The molecule has 3 N–H and O–H groups in total. The highest BCUT2D eigenvalue weighted by molar-refractivity contribution is 5.90. The van der Waals surface area contributed by atoms with E-state index in [0.717, 1.165) is 28.3 Å². The highest BCUT2D eigenvalue weighted by Gasteiger charge is 2.18. The van der Waals surface area contributed by atoms with E-state index in [4.69, 9.17) is 5.73 Å². The normalized spacial score (nSPS) is 11.5. The van der Waals surface area contributed by atoms with Gasteiger partial charge in [0, 0.05) is 23.7 Å². The molecule has 150 valence electrons. The molecule has 0 radical (unpaired) electrons. The van der Waals surface area contributed by atoms with Crippen LogP contribution in [0.4, 0.5) is 4.39 Å². The Labute approximate surface area is 171 Å². The first-order valence-corrected chi connectivity index (χ1v) is 9.81. The number of benzene rings is 3. The van der Waals surface area contributed by atoms with Gasteiger partial charge >= 0.3 is 5.69 Å². The number of H-pyrrole nitrogens is 1. The molecule has 0 saturated heterocycles. The molecule has 2 aromatic heterocycles. The summed E-state index contributed by atoms with van der Waals surface area (Å²) in [5.74, 6) is 0.122. The highest BCUT2D eigenvalue weighted by Crippen LogP contribution is 2.29. The predicted octanol–water partition coefficient (Wildman–Crippen LogP) is 3.82. The largest absolute Gasteiger partial charge is 0.348 e. The van der Waals surface area contributed by atoms with Crippen LogP contribution in [0.25, 0.3) is 38.8 Å². The van der Waals surface area contributed by atoms with Crippen molar-refractivity contribution in [3.63, 3.8) is 0 Å². The number of aromatic nitrogens is 4. The molecule has 0 bridgehead atoms. The van der Waals surface area contributed by atoms with Crippen LogP contribution in [0.2, 0.25) is 0 Å². The zero-order chi connectivity index (χ0) is 20.7. The molecule has 30 heavy (non-hydrogen) atoms. The summed E-state index contributed by atoms with van der Waals surface area (Å²) in [6.45, 7) is 1.22. The van der Waals surface area contributed by atoms with Gasteiger partial charge in [-0.3, -0.25) is 0 Å². The number of aryl methyl sites for hydroxylation is 1. The zero-order valence-electron chi connectivity index (χ0n) is 16.2. The second-order valence-electron chi connectivity index (χ2n) is 7.26. The molecule has 3 aromatic carbocycles. The molecule has 0 unspecified atom stereocenters. The number of fused-ring (bicyclic) bond motifs is 2. The minimum Gasteiger partial charge on any atom is -0.345 e.